The van der Waals surface area contributed by atoms with E-state index < -0.39 is 0 Å². The molecule has 1 N–H and O–H groups in total. The molecule has 0 unspecified atom stereocenters. The number of benzene rings is 2. The third-order valence-corrected chi connectivity index (χ3v) is 5.39. The van der Waals surface area contributed by atoms with Crippen molar-refractivity contribution in [3.05, 3.63) is 71.4 Å². The highest BCUT2D eigenvalue weighted by Crippen LogP contribution is 2.25. The molecule has 6 heteroatoms. The Balaban J connectivity index is 1.46. The van der Waals surface area contributed by atoms with Crippen LogP contribution in [0.1, 0.15) is 18.2 Å². The smallest absolute Gasteiger partial charge is 0.228 e. The van der Waals surface area contributed by atoms with Crippen LogP contribution < -0.4 is 10.1 Å². The molecule has 0 radical (unpaired) electrons. The Kier molecular flexibility index (Phi) is 5.12. The molecule has 0 aliphatic heterocycles. The Morgan fingerprint density at radius 2 is 2.04 bits per heavy atom. The van der Waals surface area contributed by atoms with E-state index in [2.05, 4.69) is 27.0 Å². The van der Waals surface area contributed by atoms with E-state index in [-0.39, 0.29) is 5.91 Å². The Bertz CT molecular complexity index is 1110. The molecule has 2 aromatic carbocycles. The summed E-state index contributed by atoms with van der Waals surface area (Å²) >= 11 is 1.62. The van der Waals surface area contributed by atoms with Gasteiger partial charge in [-0.1, -0.05) is 24.3 Å². The molecule has 4 aromatic rings. The molecule has 0 aliphatic rings. The Hall–Kier alpha value is -3.12. The summed E-state index contributed by atoms with van der Waals surface area (Å²) in [5.41, 5.74) is 4.76. The molecule has 0 saturated heterocycles. The van der Waals surface area contributed by atoms with E-state index in [1.54, 1.807) is 11.3 Å². The number of nitrogens with one attached hydrogen (secondary N) is 1. The number of fused-ring (bicyclic) bond motifs is 1. The summed E-state index contributed by atoms with van der Waals surface area (Å²) in [7, 11) is 0. The topological polar surface area (TPSA) is 55.6 Å². The third kappa shape index (κ3) is 3.92. The van der Waals surface area contributed by atoms with Gasteiger partial charge in [0.2, 0.25) is 5.91 Å². The standard InChI is InChI=1S/C22H21N3O2S/c1-3-27-19-9-7-16(8-10-19)11-21(26)23-18-6-4-5-17(12-18)20-13-25-15(2)14-28-22(25)24-20/h4-10,12-14H,3,11H2,1-2H3,(H,23,26). The van der Waals surface area contributed by atoms with Gasteiger partial charge in [-0.25, -0.2) is 4.98 Å². The van der Waals surface area contributed by atoms with Crippen molar-refractivity contribution in [2.24, 2.45) is 0 Å². The minimum atomic E-state index is -0.0528. The number of hydrogen-bond acceptors (Lipinski definition) is 4. The SMILES string of the molecule is CCOc1ccc(CC(=O)Nc2cccc(-c3cn4c(C)csc4n3)c2)cc1. The maximum absolute atomic E-state index is 12.4. The fourth-order valence-electron chi connectivity index (χ4n) is 3.05. The van der Waals surface area contributed by atoms with Gasteiger partial charge in [0.1, 0.15) is 5.75 Å². The van der Waals surface area contributed by atoms with Crippen molar-refractivity contribution in [2.75, 3.05) is 11.9 Å². The fraction of sp³-hybridized carbons (Fsp3) is 0.182. The van der Waals surface area contributed by atoms with Crippen LogP contribution in [0.3, 0.4) is 0 Å². The first kappa shape index (κ1) is 18.3. The van der Waals surface area contributed by atoms with Gasteiger partial charge >= 0.3 is 0 Å². The van der Waals surface area contributed by atoms with Crippen molar-refractivity contribution in [3.8, 4) is 17.0 Å². The van der Waals surface area contributed by atoms with Crippen LogP contribution in [0.5, 0.6) is 5.75 Å². The molecule has 0 spiro atoms. The van der Waals surface area contributed by atoms with Gasteiger partial charge in [0.05, 0.1) is 18.7 Å². The number of imidazole rings is 1. The van der Waals surface area contributed by atoms with Crippen LogP contribution in [0.15, 0.2) is 60.1 Å². The number of ether oxygens (including phenoxy) is 1. The molecule has 142 valence electrons. The highest BCUT2D eigenvalue weighted by molar-refractivity contribution is 7.15. The second-order valence-electron chi connectivity index (χ2n) is 6.54. The number of rotatable bonds is 6. The van der Waals surface area contributed by atoms with Crippen LogP contribution in [-0.2, 0) is 11.2 Å². The summed E-state index contributed by atoms with van der Waals surface area (Å²) in [6.07, 6.45) is 2.35. The molecular weight excluding hydrogens is 370 g/mol. The van der Waals surface area contributed by atoms with Crippen LogP contribution in [0, 0.1) is 6.92 Å². The summed E-state index contributed by atoms with van der Waals surface area (Å²) < 4.78 is 7.51. The van der Waals surface area contributed by atoms with E-state index in [0.29, 0.717) is 13.0 Å². The van der Waals surface area contributed by atoms with Gasteiger partial charge < -0.3 is 10.1 Å². The molecule has 0 saturated carbocycles. The van der Waals surface area contributed by atoms with E-state index in [4.69, 9.17) is 4.74 Å². The molecule has 4 rings (SSSR count). The number of aryl methyl sites for hydroxylation is 1. The van der Waals surface area contributed by atoms with Crippen molar-refractivity contribution in [2.45, 2.75) is 20.3 Å². The normalized spacial score (nSPS) is 10.9. The number of aromatic nitrogens is 2. The molecule has 0 aliphatic carbocycles. The summed E-state index contributed by atoms with van der Waals surface area (Å²) in [5.74, 6) is 0.762. The number of amides is 1. The number of carbonyl (C=O) groups is 1. The minimum Gasteiger partial charge on any atom is -0.494 e. The molecule has 2 aromatic heterocycles. The van der Waals surface area contributed by atoms with Crippen molar-refractivity contribution >= 4 is 27.9 Å². The fourth-order valence-corrected chi connectivity index (χ4v) is 3.90. The zero-order valence-electron chi connectivity index (χ0n) is 15.8. The first-order valence-corrected chi connectivity index (χ1v) is 10.1. The van der Waals surface area contributed by atoms with Gasteiger partial charge in [0.15, 0.2) is 4.96 Å². The van der Waals surface area contributed by atoms with Gasteiger partial charge in [0.25, 0.3) is 0 Å². The first-order valence-electron chi connectivity index (χ1n) is 9.17. The largest absolute Gasteiger partial charge is 0.494 e. The molecular formula is C22H21N3O2S. The third-order valence-electron chi connectivity index (χ3n) is 4.43. The van der Waals surface area contributed by atoms with Crippen LogP contribution in [0.4, 0.5) is 5.69 Å². The number of thiazole rings is 1. The van der Waals surface area contributed by atoms with Gasteiger partial charge in [-0.2, -0.15) is 0 Å². The summed E-state index contributed by atoms with van der Waals surface area (Å²) in [6.45, 7) is 4.64. The van der Waals surface area contributed by atoms with E-state index >= 15 is 0 Å². The quantitative estimate of drug-likeness (QED) is 0.506. The average Bonchev–Trinajstić information content (AvgIpc) is 3.26. The van der Waals surface area contributed by atoms with Gasteiger partial charge in [-0.05, 0) is 43.7 Å². The zero-order valence-corrected chi connectivity index (χ0v) is 16.6. The Labute approximate surface area is 167 Å². The summed E-state index contributed by atoms with van der Waals surface area (Å²) in [5, 5.41) is 5.06. The van der Waals surface area contributed by atoms with E-state index in [1.165, 1.54) is 5.69 Å². The van der Waals surface area contributed by atoms with Crippen LogP contribution in [0.2, 0.25) is 0 Å². The van der Waals surface area contributed by atoms with Gasteiger partial charge in [-0.15, -0.1) is 11.3 Å². The maximum atomic E-state index is 12.4. The van der Waals surface area contributed by atoms with E-state index in [0.717, 1.165) is 33.2 Å². The van der Waals surface area contributed by atoms with E-state index in [9.17, 15) is 4.79 Å². The van der Waals surface area contributed by atoms with Crippen LogP contribution in [-0.4, -0.2) is 21.9 Å². The van der Waals surface area contributed by atoms with E-state index in [1.807, 2.05) is 61.7 Å². The highest BCUT2D eigenvalue weighted by atomic mass is 32.1. The lowest BCUT2D eigenvalue weighted by Gasteiger charge is -2.08. The van der Waals surface area contributed by atoms with Crippen molar-refractivity contribution in [1.82, 2.24) is 9.38 Å². The predicted octanol–water partition coefficient (Wildman–Crippen LogP) is 4.95. The number of anilines is 1. The van der Waals surface area contributed by atoms with Crippen LogP contribution >= 0.6 is 11.3 Å². The van der Waals surface area contributed by atoms with Gasteiger partial charge in [0, 0.05) is 28.5 Å². The second kappa shape index (κ2) is 7.86. The Morgan fingerprint density at radius 3 is 2.79 bits per heavy atom. The molecule has 2 heterocycles. The Morgan fingerprint density at radius 1 is 1.21 bits per heavy atom. The lowest BCUT2D eigenvalue weighted by atomic mass is 10.1. The molecule has 0 bridgehead atoms. The highest BCUT2D eigenvalue weighted by Gasteiger charge is 2.09. The molecule has 5 nitrogen and oxygen atoms in total. The average molecular weight is 391 g/mol. The van der Waals surface area contributed by atoms with Crippen molar-refractivity contribution < 1.29 is 9.53 Å². The molecule has 0 fully saturated rings. The second-order valence-corrected chi connectivity index (χ2v) is 7.38. The number of hydrogen-bond donors (Lipinski definition) is 1. The molecule has 0 atom stereocenters. The summed E-state index contributed by atoms with van der Waals surface area (Å²) in [4.78, 5) is 18.1. The lowest BCUT2D eigenvalue weighted by molar-refractivity contribution is -0.115. The number of nitrogens with zero attached hydrogens (tertiary/aromatic N) is 2. The molecule has 1 amide bonds. The number of carbonyl (C=O) groups excluding carboxylic acids is 1. The van der Waals surface area contributed by atoms with Crippen molar-refractivity contribution in [3.63, 3.8) is 0 Å². The van der Waals surface area contributed by atoms with Crippen LogP contribution in [0.25, 0.3) is 16.2 Å². The zero-order chi connectivity index (χ0) is 19.5. The lowest BCUT2D eigenvalue weighted by Crippen LogP contribution is -2.14. The molecule has 28 heavy (non-hydrogen) atoms. The summed E-state index contributed by atoms with van der Waals surface area (Å²) in [6, 6.07) is 15.4. The van der Waals surface area contributed by atoms with Gasteiger partial charge in [-0.3, -0.25) is 9.20 Å². The van der Waals surface area contributed by atoms with Crippen molar-refractivity contribution in [1.29, 1.82) is 0 Å². The predicted molar refractivity (Wildman–Crippen MR) is 113 cm³/mol. The minimum absolute atomic E-state index is 0.0528. The maximum Gasteiger partial charge on any atom is 0.228 e. The first-order chi connectivity index (χ1) is 13.6. The monoisotopic (exact) mass is 391 g/mol.